The molecular weight excluding hydrogens is 228 g/mol. The van der Waals surface area contributed by atoms with E-state index in [4.69, 9.17) is 11.5 Å². The molecule has 0 aliphatic heterocycles. The van der Waals surface area contributed by atoms with Gasteiger partial charge < -0.3 is 11.5 Å². The Balaban J connectivity index is 2.64. The number of primary amides is 1. The van der Waals surface area contributed by atoms with Gasteiger partial charge >= 0.3 is 0 Å². The van der Waals surface area contributed by atoms with E-state index in [1.165, 1.54) is 0 Å². The third-order valence-corrected chi connectivity index (χ3v) is 2.83. The molecule has 1 aromatic rings. The molecule has 0 radical (unpaired) electrons. The zero-order valence-corrected chi connectivity index (χ0v) is 10.7. The van der Waals surface area contributed by atoms with Crippen LogP contribution in [0.5, 0.6) is 0 Å². The van der Waals surface area contributed by atoms with Crippen LogP contribution in [0.2, 0.25) is 0 Å². The minimum atomic E-state index is -0.425. The van der Waals surface area contributed by atoms with Gasteiger partial charge in [0, 0.05) is 12.0 Å². The van der Waals surface area contributed by atoms with E-state index in [-0.39, 0.29) is 11.7 Å². The van der Waals surface area contributed by atoms with Crippen molar-refractivity contribution >= 4 is 11.7 Å². The molecule has 0 saturated heterocycles. The summed E-state index contributed by atoms with van der Waals surface area (Å²) in [6.45, 7) is 2.00. The van der Waals surface area contributed by atoms with Gasteiger partial charge in [-0.05, 0) is 18.4 Å². The zero-order valence-electron chi connectivity index (χ0n) is 10.7. The number of benzene rings is 1. The van der Waals surface area contributed by atoms with Gasteiger partial charge in [-0.25, -0.2) is 0 Å². The van der Waals surface area contributed by atoms with Gasteiger partial charge in [0.15, 0.2) is 5.78 Å². The number of hydrogen-bond donors (Lipinski definition) is 2. The van der Waals surface area contributed by atoms with Gasteiger partial charge in [0.05, 0.1) is 6.04 Å². The fraction of sp³-hybridized carbons (Fsp3) is 0.429. The molecule has 4 N–H and O–H groups in total. The highest BCUT2D eigenvalue weighted by molar-refractivity contribution is 5.99. The first-order valence-corrected chi connectivity index (χ1v) is 6.21. The van der Waals surface area contributed by atoms with E-state index in [2.05, 4.69) is 0 Å². The van der Waals surface area contributed by atoms with Crippen molar-refractivity contribution in [3.05, 3.63) is 35.4 Å². The lowest BCUT2D eigenvalue weighted by Crippen LogP contribution is -2.30. The normalized spacial score (nSPS) is 12.1. The Hall–Kier alpha value is -1.68. The Kier molecular flexibility index (Phi) is 5.52. The van der Waals surface area contributed by atoms with Gasteiger partial charge in [-0.2, -0.15) is 0 Å². The van der Waals surface area contributed by atoms with E-state index >= 15 is 0 Å². The predicted molar refractivity (Wildman–Crippen MR) is 71.2 cm³/mol. The summed E-state index contributed by atoms with van der Waals surface area (Å²) >= 11 is 0. The summed E-state index contributed by atoms with van der Waals surface area (Å²) in [6.07, 6.45) is 2.51. The maximum absolute atomic E-state index is 11.9. The van der Waals surface area contributed by atoms with E-state index in [0.717, 1.165) is 12.0 Å². The molecule has 18 heavy (non-hydrogen) atoms. The molecule has 4 heteroatoms. The van der Waals surface area contributed by atoms with Crippen molar-refractivity contribution in [2.75, 3.05) is 0 Å². The molecule has 1 unspecified atom stereocenters. The number of hydrogen-bond acceptors (Lipinski definition) is 3. The molecule has 0 spiro atoms. The van der Waals surface area contributed by atoms with Crippen molar-refractivity contribution in [2.24, 2.45) is 11.5 Å². The zero-order chi connectivity index (χ0) is 13.5. The summed E-state index contributed by atoms with van der Waals surface area (Å²) in [6, 6.07) is 6.78. The minimum Gasteiger partial charge on any atom is -0.370 e. The summed E-state index contributed by atoms with van der Waals surface area (Å²) in [5.41, 5.74) is 12.5. The van der Waals surface area contributed by atoms with E-state index in [1.807, 2.05) is 19.1 Å². The molecule has 0 fully saturated rings. The van der Waals surface area contributed by atoms with Crippen LogP contribution in [0.4, 0.5) is 0 Å². The molecule has 0 bridgehead atoms. The third-order valence-electron chi connectivity index (χ3n) is 2.83. The Morgan fingerprint density at radius 3 is 2.33 bits per heavy atom. The Labute approximate surface area is 107 Å². The second kappa shape index (κ2) is 6.91. The number of carbonyl (C=O) groups excluding carboxylic acids is 2. The van der Waals surface area contributed by atoms with Gasteiger partial charge in [-0.15, -0.1) is 0 Å². The topological polar surface area (TPSA) is 86.2 Å². The monoisotopic (exact) mass is 248 g/mol. The molecule has 1 aromatic carbocycles. The fourth-order valence-electron chi connectivity index (χ4n) is 1.76. The molecule has 1 rings (SSSR count). The lowest BCUT2D eigenvalue weighted by molar-refractivity contribution is -0.117. The Morgan fingerprint density at radius 2 is 1.83 bits per heavy atom. The molecule has 0 aliphatic carbocycles. The van der Waals surface area contributed by atoms with Gasteiger partial charge in [0.25, 0.3) is 0 Å². The molecule has 0 saturated carbocycles. The van der Waals surface area contributed by atoms with Gasteiger partial charge in [0.1, 0.15) is 0 Å². The summed E-state index contributed by atoms with van der Waals surface area (Å²) in [4.78, 5) is 22.6. The van der Waals surface area contributed by atoms with Crippen LogP contribution >= 0.6 is 0 Å². The van der Waals surface area contributed by atoms with E-state index in [0.29, 0.717) is 24.8 Å². The van der Waals surface area contributed by atoms with Crippen LogP contribution in [-0.4, -0.2) is 17.7 Å². The number of nitrogens with two attached hydrogens (primary N) is 2. The van der Waals surface area contributed by atoms with Crippen LogP contribution in [-0.2, 0) is 11.2 Å². The molecule has 0 aliphatic rings. The maximum atomic E-state index is 11.9. The summed E-state index contributed by atoms with van der Waals surface area (Å²) in [7, 11) is 0. The number of aryl methyl sites for hydroxylation is 1. The van der Waals surface area contributed by atoms with Crippen LogP contribution in [0.1, 0.15) is 42.1 Å². The molecule has 0 heterocycles. The summed E-state index contributed by atoms with van der Waals surface area (Å²) < 4.78 is 0. The number of ketones is 1. The number of Topliss-reactive ketones (excluding diaryl/α,β-unsaturated/α-hetero) is 1. The minimum absolute atomic E-state index is 0.0294. The summed E-state index contributed by atoms with van der Waals surface area (Å²) in [5.74, 6) is -0.349. The standard InChI is InChI=1S/C14H20N2O2/c1-2-3-12(15)14(18)11-7-4-10(5-8-11)6-9-13(16)17/h4-5,7-8,12H,2-3,6,9,15H2,1H3,(H2,16,17). The number of amides is 1. The Bertz CT molecular complexity index is 412. The molecule has 98 valence electrons. The predicted octanol–water partition coefficient (Wildman–Crippen LogP) is 1.41. The molecular formula is C14H20N2O2. The van der Waals surface area contributed by atoms with Gasteiger partial charge in [0.2, 0.25) is 5.91 Å². The molecule has 0 aromatic heterocycles. The smallest absolute Gasteiger partial charge is 0.217 e. The quantitative estimate of drug-likeness (QED) is 0.715. The van der Waals surface area contributed by atoms with Crippen molar-refractivity contribution in [2.45, 2.75) is 38.6 Å². The lowest BCUT2D eigenvalue weighted by Gasteiger charge is -2.09. The number of rotatable bonds is 7. The van der Waals surface area contributed by atoms with Crippen molar-refractivity contribution in [3.8, 4) is 0 Å². The molecule has 1 atom stereocenters. The molecule has 4 nitrogen and oxygen atoms in total. The van der Waals surface area contributed by atoms with Gasteiger partial charge in [-0.3, -0.25) is 9.59 Å². The van der Waals surface area contributed by atoms with Crippen molar-refractivity contribution in [1.82, 2.24) is 0 Å². The van der Waals surface area contributed by atoms with E-state index in [1.54, 1.807) is 12.1 Å². The second-order valence-corrected chi connectivity index (χ2v) is 4.42. The highest BCUT2D eigenvalue weighted by atomic mass is 16.1. The lowest BCUT2D eigenvalue weighted by atomic mass is 9.99. The van der Waals surface area contributed by atoms with Crippen molar-refractivity contribution < 1.29 is 9.59 Å². The maximum Gasteiger partial charge on any atom is 0.217 e. The fourth-order valence-corrected chi connectivity index (χ4v) is 1.76. The SMILES string of the molecule is CCCC(N)C(=O)c1ccc(CCC(N)=O)cc1. The van der Waals surface area contributed by atoms with Crippen LogP contribution in [0, 0.1) is 0 Å². The van der Waals surface area contributed by atoms with Crippen LogP contribution in [0.15, 0.2) is 24.3 Å². The van der Waals surface area contributed by atoms with Crippen molar-refractivity contribution in [3.63, 3.8) is 0 Å². The molecule has 1 amide bonds. The first-order valence-electron chi connectivity index (χ1n) is 6.21. The number of carbonyl (C=O) groups is 2. The third kappa shape index (κ3) is 4.30. The van der Waals surface area contributed by atoms with Crippen LogP contribution in [0.3, 0.4) is 0 Å². The van der Waals surface area contributed by atoms with Crippen LogP contribution in [0.25, 0.3) is 0 Å². The summed E-state index contributed by atoms with van der Waals surface area (Å²) in [5, 5.41) is 0. The first-order chi connectivity index (χ1) is 8.54. The average Bonchev–Trinajstić information content (AvgIpc) is 2.36. The first kappa shape index (κ1) is 14.4. The van der Waals surface area contributed by atoms with Gasteiger partial charge in [-0.1, -0.05) is 37.6 Å². The largest absolute Gasteiger partial charge is 0.370 e. The highest BCUT2D eigenvalue weighted by Gasteiger charge is 2.14. The van der Waals surface area contributed by atoms with Crippen LogP contribution < -0.4 is 11.5 Å². The second-order valence-electron chi connectivity index (χ2n) is 4.42. The van der Waals surface area contributed by atoms with E-state index in [9.17, 15) is 9.59 Å². The highest BCUT2D eigenvalue weighted by Crippen LogP contribution is 2.10. The Morgan fingerprint density at radius 1 is 1.22 bits per heavy atom. The average molecular weight is 248 g/mol. The van der Waals surface area contributed by atoms with Crippen molar-refractivity contribution in [1.29, 1.82) is 0 Å². The van der Waals surface area contributed by atoms with E-state index < -0.39 is 6.04 Å².